The molecule has 1 aromatic rings. The smallest absolute Gasteiger partial charge is 0.0570 e. The predicted octanol–water partition coefficient (Wildman–Crippen LogP) is 1.83. The number of fused-ring (bicyclic) bond motifs is 3. The number of hydrogen-bond donors (Lipinski definition) is 1. The Bertz CT molecular complexity index is 357. The van der Waals surface area contributed by atoms with Gasteiger partial charge in [-0.2, -0.15) is 0 Å². The van der Waals surface area contributed by atoms with E-state index in [0.717, 1.165) is 11.6 Å². The molecule has 3 aliphatic rings. The molecule has 3 aliphatic heterocycles. The number of nitrogens with zero attached hydrogens (tertiary/aromatic N) is 2. The van der Waals surface area contributed by atoms with Gasteiger partial charge in [-0.25, -0.2) is 0 Å². The van der Waals surface area contributed by atoms with Crippen molar-refractivity contribution in [3.8, 4) is 0 Å². The van der Waals surface area contributed by atoms with Crippen LogP contribution in [-0.4, -0.2) is 35.6 Å². The maximum Gasteiger partial charge on any atom is 0.0570 e. The van der Waals surface area contributed by atoms with Crippen LogP contribution in [0.5, 0.6) is 0 Å². The van der Waals surface area contributed by atoms with E-state index in [2.05, 4.69) is 34.3 Å². The van der Waals surface area contributed by atoms with Gasteiger partial charge in [0.15, 0.2) is 0 Å². The number of hydrogen-bond acceptors (Lipinski definition) is 3. The Labute approximate surface area is 103 Å². The molecule has 0 amide bonds. The summed E-state index contributed by atoms with van der Waals surface area (Å²) in [5, 5.41) is 3.76. The summed E-state index contributed by atoms with van der Waals surface area (Å²) < 4.78 is 0. The molecule has 1 aromatic heterocycles. The Morgan fingerprint density at radius 1 is 1.35 bits per heavy atom. The lowest BCUT2D eigenvalue weighted by Gasteiger charge is -2.46. The van der Waals surface area contributed by atoms with Gasteiger partial charge in [-0.05, 0) is 50.9 Å². The van der Waals surface area contributed by atoms with Gasteiger partial charge < -0.3 is 10.2 Å². The third-order valence-electron chi connectivity index (χ3n) is 4.25. The lowest BCUT2D eigenvalue weighted by atomic mass is 9.83. The summed E-state index contributed by atoms with van der Waals surface area (Å²) in [6.07, 6.45) is 4.61. The van der Waals surface area contributed by atoms with E-state index in [1.165, 1.54) is 32.5 Å². The highest BCUT2D eigenvalue weighted by Crippen LogP contribution is 2.28. The maximum absolute atomic E-state index is 4.43. The largest absolute Gasteiger partial charge is 0.304 e. The molecule has 17 heavy (non-hydrogen) atoms. The number of nitrogens with one attached hydrogen (secondary N) is 1. The molecule has 4 rings (SSSR count). The van der Waals surface area contributed by atoms with Gasteiger partial charge >= 0.3 is 0 Å². The van der Waals surface area contributed by atoms with Crippen molar-refractivity contribution in [1.29, 1.82) is 0 Å². The standard InChI is InChI=1S/C14H21N3/c1-11(13-4-2-3-7-15-13)16-14-10-17-8-5-12(14)6-9-17/h2-4,7,11-12,14,16H,5-6,8-10H2,1H3/t11-,14?/m1/s1. The molecule has 0 spiro atoms. The summed E-state index contributed by atoms with van der Waals surface area (Å²) in [5.41, 5.74) is 1.16. The highest BCUT2D eigenvalue weighted by Gasteiger charge is 2.34. The third-order valence-corrected chi connectivity index (χ3v) is 4.25. The minimum absolute atomic E-state index is 0.363. The number of aromatic nitrogens is 1. The second kappa shape index (κ2) is 4.75. The van der Waals surface area contributed by atoms with Crippen molar-refractivity contribution in [2.45, 2.75) is 31.8 Å². The second-order valence-corrected chi connectivity index (χ2v) is 5.39. The molecule has 0 aliphatic carbocycles. The van der Waals surface area contributed by atoms with Crippen molar-refractivity contribution in [2.24, 2.45) is 5.92 Å². The van der Waals surface area contributed by atoms with Gasteiger partial charge in [-0.15, -0.1) is 0 Å². The van der Waals surface area contributed by atoms with Gasteiger partial charge in [0.05, 0.1) is 5.69 Å². The van der Waals surface area contributed by atoms with E-state index < -0.39 is 0 Å². The molecule has 2 bridgehead atoms. The first kappa shape index (κ1) is 11.2. The molecule has 3 fully saturated rings. The number of piperidine rings is 3. The minimum atomic E-state index is 0.363. The van der Waals surface area contributed by atoms with Crippen LogP contribution in [0.1, 0.15) is 31.5 Å². The van der Waals surface area contributed by atoms with Gasteiger partial charge in [-0.3, -0.25) is 4.98 Å². The van der Waals surface area contributed by atoms with Crippen LogP contribution in [0.15, 0.2) is 24.4 Å². The van der Waals surface area contributed by atoms with Crippen molar-refractivity contribution in [3.63, 3.8) is 0 Å². The SMILES string of the molecule is C[C@@H](NC1CN2CCC1CC2)c1ccccn1. The summed E-state index contributed by atoms with van der Waals surface area (Å²) in [4.78, 5) is 7.02. The summed E-state index contributed by atoms with van der Waals surface area (Å²) in [5.74, 6) is 0.881. The predicted molar refractivity (Wildman–Crippen MR) is 68.7 cm³/mol. The molecule has 0 aromatic carbocycles. The van der Waals surface area contributed by atoms with Crippen LogP contribution < -0.4 is 5.32 Å². The van der Waals surface area contributed by atoms with Crippen LogP contribution >= 0.6 is 0 Å². The summed E-state index contributed by atoms with van der Waals surface area (Å²) in [6.45, 7) is 6.06. The molecule has 4 heterocycles. The highest BCUT2D eigenvalue weighted by atomic mass is 15.2. The topological polar surface area (TPSA) is 28.2 Å². The van der Waals surface area contributed by atoms with E-state index in [9.17, 15) is 0 Å². The quantitative estimate of drug-likeness (QED) is 0.860. The lowest BCUT2D eigenvalue weighted by molar-refractivity contribution is 0.0678. The van der Waals surface area contributed by atoms with Crippen LogP contribution in [0.3, 0.4) is 0 Å². The molecule has 3 saturated heterocycles. The van der Waals surface area contributed by atoms with Gasteiger partial charge in [-0.1, -0.05) is 6.07 Å². The van der Waals surface area contributed by atoms with E-state index in [-0.39, 0.29) is 0 Å². The first-order valence-electron chi connectivity index (χ1n) is 6.72. The zero-order chi connectivity index (χ0) is 11.7. The molecule has 3 nitrogen and oxygen atoms in total. The molecule has 92 valence electrons. The first-order chi connectivity index (χ1) is 8.33. The van der Waals surface area contributed by atoms with E-state index in [0.29, 0.717) is 12.1 Å². The van der Waals surface area contributed by atoms with E-state index in [1.54, 1.807) is 0 Å². The fourth-order valence-corrected chi connectivity index (χ4v) is 3.19. The van der Waals surface area contributed by atoms with Gasteiger partial charge in [0.1, 0.15) is 0 Å². The first-order valence-corrected chi connectivity index (χ1v) is 6.72. The normalized spacial score (nSPS) is 33.6. The Morgan fingerprint density at radius 3 is 2.76 bits per heavy atom. The Hall–Kier alpha value is -0.930. The molecule has 0 saturated carbocycles. The van der Waals surface area contributed by atoms with Gasteiger partial charge in [0, 0.05) is 24.8 Å². The van der Waals surface area contributed by atoms with Crippen molar-refractivity contribution in [3.05, 3.63) is 30.1 Å². The zero-order valence-corrected chi connectivity index (χ0v) is 10.5. The van der Waals surface area contributed by atoms with Crippen molar-refractivity contribution in [2.75, 3.05) is 19.6 Å². The van der Waals surface area contributed by atoms with Gasteiger partial charge in [0.25, 0.3) is 0 Å². The summed E-state index contributed by atoms with van der Waals surface area (Å²) >= 11 is 0. The van der Waals surface area contributed by atoms with Crippen LogP contribution in [0.25, 0.3) is 0 Å². The third kappa shape index (κ3) is 2.35. The number of pyridine rings is 1. The Morgan fingerprint density at radius 2 is 2.18 bits per heavy atom. The molecule has 0 radical (unpaired) electrons. The van der Waals surface area contributed by atoms with Crippen molar-refractivity contribution in [1.82, 2.24) is 15.2 Å². The molecule has 1 unspecified atom stereocenters. The Kier molecular flexibility index (Phi) is 3.12. The van der Waals surface area contributed by atoms with E-state index >= 15 is 0 Å². The highest BCUT2D eigenvalue weighted by molar-refractivity contribution is 5.08. The van der Waals surface area contributed by atoms with E-state index in [4.69, 9.17) is 0 Å². The van der Waals surface area contributed by atoms with Crippen LogP contribution in [-0.2, 0) is 0 Å². The average Bonchev–Trinajstić information content (AvgIpc) is 2.41. The zero-order valence-electron chi connectivity index (χ0n) is 10.5. The molecular weight excluding hydrogens is 210 g/mol. The monoisotopic (exact) mass is 231 g/mol. The fraction of sp³-hybridized carbons (Fsp3) is 0.643. The Balaban J connectivity index is 1.64. The fourth-order valence-electron chi connectivity index (χ4n) is 3.19. The summed E-state index contributed by atoms with van der Waals surface area (Å²) in [7, 11) is 0. The number of rotatable bonds is 3. The minimum Gasteiger partial charge on any atom is -0.304 e. The maximum atomic E-state index is 4.43. The van der Waals surface area contributed by atoms with Crippen molar-refractivity contribution < 1.29 is 0 Å². The van der Waals surface area contributed by atoms with Crippen LogP contribution in [0.4, 0.5) is 0 Å². The molecule has 3 heteroatoms. The van der Waals surface area contributed by atoms with Gasteiger partial charge in [0.2, 0.25) is 0 Å². The van der Waals surface area contributed by atoms with Crippen molar-refractivity contribution >= 4 is 0 Å². The molecular formula is C14H21N3. The second-order valence-electron chi connectivity index (χ2n) is 5.39. The van der Waals surface area contributed by atoms with E-state index in [1.807, 2.05) is 12.3 Å². The average molecular weight is 231 g/mol. The lowest BCUT2D eigenvalue weighted by Crippen LogP contribution is -2.56. The molecule has 2 atom stereocenters. The molecule has 1 N–H and O–H groups in total. The van der Waals surface area contributed by atoms with Crippen LogP contribution in [0.2, 0.25) is 0 Å². The van der Waals surface area contributed by atoms with Crippen LogP contribution in [0, 0.1) is 5.92 Å². The summed E-state index contributed by atoms with van der Waals surface area (Å²) in [6, 6.07) is 7.18.